The van der Waals surface area contributed by atoms with E-state index >= 15 is 0 Å². The Morgan fingerprint density at radius 2 is 2.05 bits per heavy atom. The van der Waals surface area contributed by atoms with Crippen LogP contribution in [-0.2, 0) is 0 Å². The van der Waals surface area contributed by atoms with Crippen LogP contribution in [0.15, 0.2) is 29.3 Å². The van der Waals surface area contributed by atoms with E-state index in [4.69, 9.17) is 5.73 Å². The summed E-state index contributed by atoms with van der Waals surface area (Å²) in [5.41, 5.74) is 6.39. The van der Waals surface area contributed by atoms with E-state index in [1.165, 1.54) is 6.07 Å². The first kappa shape index (κ1) is 15.7. The fourth-order valence-electron chi connectivity index (χ4n) is 1.79. The van der Waals surface area contributed by atoms with Gasteiger partial charge in [-0.3, -0.25) is 15.1 Å². The quantitative estimate of drug-likeness (QED) is 0.260. The third kappa shape index (κ3) is 4.42. The number of nitro groups is 1. The average molecular weight is 279 g/mol. The van der Waals surface area contributed by atoms with Gasteiger partial charge in [0.2, 0.25) is 0 Å². The normalized spacial score (nSPS) is 11.2. The van der Waals surface area contributed by atoms with Crippen molar-refractivity contribution in [3.05, 3.63) is 34.4 Å². The van der Waals surface area contributed by atoms with E-state index in [2.05, 4.69) is 10.3 Å². The van der Waals surface area contributed by atoms with Crippen molar-refractivity contribution in [1.29, 1.82) is 0 Å². The van der Waals surface area contributed by atoms with Gasteiger partial charge in [-0.2, -0.15) is 0 Å². The van der Waals surface area contributed by atoms with E-state index in [1.54, 1.807) is 18.2 Å². The zero-order chi connectivity index (χ0) is 15.0. The number of rotatable bonds is 7. The highest BCUT2D eigenvalue weighted by Crippen LogP contribution is 2.22. The Morgan fingerprint density at radius 1 is 1.40 bits per heavy atom. The fraction of sp³-hybridized carbons (Fsp3) is 0.462. The summed E-state index contributed by atoms with van der Waals surface area (Å²) in [6, 6.07) is 6.54. The second-order valence-electron chi connectivity index (χ2n) is 4.11. The van der Waals surface area contributed by atoms with Crippen molar-refractivity contribution in [3.63, 3.8) is 0 Å². The van der Waals surface area contributed by atoms with Crippen molar-refractivity contribution >= 4 is 17.3 Å². The minimum Gasteiger partial charge on any atom is -0.378 e. The highest BCUT2D eigenvalue weighted by Gasteiger charge is 2.11. The van der Waals surface area contributed by atoms with Crippen molar-refractivity contribution in [1.82, 2.24) is 4.90 Å². The molecule has 110 valence electrons. The first-order chi connectivity index (χ1) is 9.60. The molecule has 0 amide bonds. The number of benzene rings is 1. The molecule has 1 aromatic rings. The standard InChI is InChI=1S/C13H21N5O2/c1-3-17(4-2)13(14)16-10-9-15-11-7-5-6-8-12(11)18(19)20/h5-8,15H,3-4,9-10H2,1-2H3,(H2,14,16). The molecular weight excluding hydrogens is 258 g/mol. The van der Waals surface area contributed by atoms with Crippen molar-refractivity contribution in [2.45, 2.75) is 13.8 Å². The van der Waals surface area contributed by atoms with Gasteiger partial charge in [0.1, 0.15) is 5.69 Å². The summed E-state index contributed by atoms with van der Waals surface area (Å²) in [6.45, 7) is 6.60. The van der Waals surface area contributed by atoms with Crippen LogP contribution in [0.2, 0.25) is 0 Å². The molecule has 0 saturated carbocycles. The number of hydrogen-bond acceptors (Lipinski definition) is 4. The van der Waals surface area contributed by atoms with E-state index < -0.39 is 4.92 Å². The molecule has 0 bridgehead atoms. The zero-order valence-electron chi connectivity index (χ0n) is 11.9. The molecule has 0 spiro atoms. The minimum atomic E-state index is -0.407. The molecule has 0 aliphatic heterocycles. The number of aliphatic imine (C=N–C) groups is 1. The van der Waals surface area contributed by atoms with Gasteiger partial charge < -0.3 is 16.0 Å². The van der Waals surface area contributed by atoms with Crippen molar-refractivity contribution in [2.75, 3.05) is 31.5 Å². The van der Waals surface area contributed by atoms with Crippen molar-refractivity contribution in [3.8, 4) is 0 Å². The lowest BCUT2D eigenvalue weighted by Crippen LogP contribution is -2.37. The van der Waals surface area contributed by atoms with Crippen LogP contribution in [0.3, 0.4) is 0 Å². The van der Waals surface area contributed by atoms with Gasteiger partial charge in [0.15, 0.2) is 5.96 Å². The highest BCUT2D eigenvalue weighted by atomic mass is 16.6. The maximum absolute atomic E-state index is 10.8. The predicted octanol–water partition coefficient (Wildman–Crippen LogP) is 1.66. The van der Waals surface area contributed by atoms with E-state index in [9.17, 15) is 10.1 Å². The molecule has 0 radical (unpaired) electrons. The molecular formula is C13H21N5O2. The summed E-state index contributed by atoms with van der Waals surface area (Å²) >= 11 is 0. The Morgan fingerprint density at radius 3 is 2.65 bits per heavy atom. The van der Waals surface area contributed by atoms with Crippen LogP contribution in [0.1, 0.15) is 13.8 Å². The predicted molar refractivity (Wildman–Crippen MR) is 81.0 cm³/mol. The van der Waals surface area contributed by atoms with Crippen LogP contribution in [-0.4, -0.2) is 42.0 Å². The SMILES string of the molecule is CCN(CC)C(N)=NCCNc1ccccc1[N+](=O)[O-]. The molecule has 0 aliphatic carbocycles. The van der Waals surface area contributed by atoms with Crippen LogP contribution in [0.4, 0.5) is 11.4 Å². The van der Waals surface area contributed by atoms with Crippen LogP contribution in [0.25, 0.3) is 0 Å². The van der Waals surface area contributed by atoms with E-state index in [1.807, 2.05) is 18.7 Å². The van der Waals surface area contributed by atoms with Crippen LogP contribution < -0.4 is 11.1 Å². The number of nitrogens with one attached hydrogen (secondary N) is 1. The second kappa shape index (κ2) is 7.98. The van der Waals surface area contributed by atoms with Crippen molar-refractivity contribution in [2.24, 2.45) is 10.7 Å². The summed E-state index contributed by atoms with van der Waals surface area (Å²) in [4.78, 5) is 16.6. The van der Waals surface area contributed by atoms with Gasteiger partial charge in [-0.25, -0.2) is 0 Å². The molecule has 0 saturated heterocycles. The molecule has 0 fully saturated rings. The molecule has 0 atom stereocenters. The Bertz CT molecular complexity index is 472. The Hall–Kier alpha value is -2.31. The lowest BCUT2D eigenvalue weighted by Gasteiger charge is -2.19. The fourth-order valence-corrected chi connectivity index (χ4v) is 1.79. The van der Waals surface area contributed by atoms with Crippen LogP contribution >= 0.6 is 0 Å². The molecule has 0 aliphatic rings. The third-order valence-electron chi connectivity index (χ3n) is 2.89. The highest BCUT2D eigenvalue weighted by molar-refractivity contribution is 5.78. The monoisotopic (exact) mass is 279 g/mol. The molecule has 20 heavy (non-hydrogen) atoms. The molecule has 1 rings (SSSR count). The molecule has 1 aromatic carbocycles. The number of nitrogens with two attached hydrogens (primary N) is 1. The largest absolute Gasteiger partial charge is 0.378 e. The van der Waals surface area contributed by atoms with Crippen LogP contribution in [0, 0.1) is 10.1 Å². The Balaban J connectivity index is 2.53. The lowest BCUT2D eigenvalue weighted by atomic mass is 10.2. The van der Waals surface area contributed by atoms with Gasteiger partial charge in [-0.15, -0.1) is 0 Å². The molecule has 0 unspecified atom stereocenters. The Kier molecular flexibility index (Phi) is 6.28. The molecule has 3 N–H and O–H groups in total. The smallest absolute Gasteiger partial charge is 0.292 e. The summed E-state index contributed by atoms with van der Waals surface area (Å²) in [7, 11) is 0. The number of guanidine groups is 1. The van der Waals surface area contributed by atoms with Gasteiger partial charge in [0.05, 0.1) is 11.5 Å². The molecule has 0 heterocycles. The summed E-state index contributed by atoms with van der Waals surface area (Å²) < 4.78 is 0. The number of anilines is 1. The van der Waals surface area contributed by atoms with Gasteiger partial charge in [-0.1, -0.05) is 12.1 Å². The number of nitrogens with zero attached hydrogens (tertiary/aromatic N) is 3. The number of nitro benzene ring substituents is 1. The average Bonchev–Trinajstić information content (AvgIpc) is 2.45. The second-order valence-corrected chi connectivity index (χ2v) is 4.11. The number of hydrogen-bond donors (Lipinski definition) is 2. The summed E-state index contributed by atoms with van der Waals surface area (Å²) in [6.07, 6.45) is 0. The van der Waals surface area contributed by atoms with Gasteiger partial charge in [0, 0.05) is 25.7 Å². The topological polar surface area (TPSA) is 96.8 Å². The zero-order valence-corrected chi connectivity index (χ0v) is 11.9. The Labute approximate surface area is 118 Å². The third-order valence-corrected chi connectivity index (χ3v) is 2.89. The van der Waals surface area contributed by atoms with E-state index in [0.717, 1.165) is 13.1 Å². The summed E-state index contributed by atoms with van der Waals surface area (Å²) in [5, 5.41) is 13.8. The van der Waals surface area contributed by atoms with Gasteiger partial charge in [0.25, 0.3) is 5.69 Å². The van der Waals surface area contributed by atoms with Gasteiger partial charge in [-0.05, 0) is 19.9 Å². The lowest BCUT2D eigenvalue weighted by molar-refractivity contribution is -0.384. The van der Waals surface area contributed by atoms with E-state index in [0.29, 0.717) is 24.7 Å². The molecule has 7 heteroatoms. The first-order valence-corrected chi connectivity index (χ1v) is 6.62. The van der Waals surface area contributed by atoms with E-state index in [-0.39, 0.29) is 5.69 Å². The van der Waals surface area contributed by atoms with Gasteiger partial charge >= 0.3 is 0 Å². The number of para-hydroxylation sites is 2. The van der Waals surface area contributed by atoms with Crippen LogP contribution in [0.5, 0.6) is 0 Å². The maximum atomic E-state index is 10.8. The minimum absolute atomic E-state index is 0.0631. The van der Waals surface area contributed by atoms with Crippen molar-refractivity contribution < 1.29 is 4.92 Å². The first-order valence-electron chi connectivity index (χ1n) is 6.62. The molecule has 7 nitrogen and oxygen atoms in total. The maximum Gasteiger partial charge on any atom is 0.292 e. The summed E-state index contributed by atoms with van der Waals surface area (Å²) in [5.74, 6) is 0.499. The molecule has 0 aromatic heterocycles.